The summed E-state index contributed by atoms with van der Waals surface area (Å²) >= 11 is 0. The molecule has 140 valence electrons. The molecule has 1 amide bonds. The molecule has 0 aromatic rings. The number of carbonyl (C=O) groups excluding carboxylic acids is 2. The fourth-order valence-corrected chi connectivity index (χ4v) is 1.93. The fourth-order valence-electron chi connectivity index (χ4n) is 1.93. The van der Waals surface area contributed by atoms with E-state index in [-0.39, 0.29) is 6.61 Å². The van der Waals surface area contributed by atoms with Gasteiger partial charge in [0, 0.05) is 7.11 Å². The first-order valence-corrected chi connectivity index (χ1v) is 7.40. The second-order valence-corrected chi connectivity index (χ2v) is 6.29. The van der Waals surface area contributed by atoms with Crippen molar-refractivity contribution in [1.29, 1.82) is 0 Å². The molecule has 1 aliphatic heterocycles. The number of esters is 1. The summed E-state index contributed by atoms with van der Waals surface area (Å²) in [6, 6.07) is 0. The average Bonchev–Trinajstić information content (AvgIpc) is 2.48. The van der Waals surface area contributed by atoms with Gasteiger partial charge in [-0.25, -0.2) is 4.79 Å². The van der Waals surface area contributed by atoms with Crippen LogP contribution < -0.4 is 5.32 Å². The largest absolute Gasteiger partial charge is 0.461 e. The lowest BCUT2D eigenvalue weighted by atomic mass is 9.99. The molecule has 1 heterocycles. The van der Waals surface area contributed by atoms with E-state index >= 15 is 0 Å². The number of amides is 1. The Morgan fingerprint density at radius 3 is 2.29 bits per heavy atom. The van der Waals surface area contributed by atoms with E-state index in [0.29, 0.717) is 0 Å². The van der Waals surface area contributed by atoms with Gasteiger partial charge < -0.3 is 39.6 Å². The number of hydrogen-bond donors (Lipinski definition) is 4. The van der Waals surface area contributed by atoms with Crippen LogP contribution in [0.2, 0.25) is 0 Å². The van der Waals surface area contributed by atoms with Gasteiger partial charge in [-0.15, -0.1) is 0 Å². The topological polar surface area (TPSA) is 144 Å². The van der Waals surface area contributed by atoms with Crippen molar-refractivity contribution in [2.24, 2.45) is 0 Å². The number of aliphatic hydroxyl groups is 3. The van der Waals surface area contributed by atoms with Crippen molar-refractivity contribution in [2.75, 3.05) is 20.3 Å². The maximum atomic E-state index is 11.6. The molecule has 10 nitrogen and oxygen atoms in total. The van der Waals surface area contributed by atoms with Gasteiger partial charge in [0.25, 0.3) is 0 Å². The van der Waals surface area contributed by atoms with Gasteiger partial charge in [-0.05, 0) is 20.8 Å². The van der Waals surface area contributed by atoms with Crippen LogP contribution in [0.3, 0.4) is 0 Å². The van der Waals surface area contributed by atoms with E-state index in [9.17, 15) is 24.9 Å². The van der Waals surface area contributed by atoms with Crippen LogP contribution in [-0.2, 0) is 23.7 Å². The van der Waals surface area contributed by atoms with Crippen LogP contribution in [0.1, 0.15) is 20.8 Å². The summed E-state index contributed by atoms with van der Waals surface area (Å²) < 4.78 is 19.8. The van der Waals surface area contributed by atoms with E-state index in [1.807, 2.05) is 0 Å². The summed E-state index contributed by atoms with van der Waals surface area (Å²) in [5.74, 6) is -0.786. The number of alkyl carbamates (subject to hydrolysis) is 1. The SMILES string of the molecule is CO[C@@H]1O[C@H](COC(=O)CNC(=O)OC(C)(C)C)[C@@H](O)[C@H](O)[C@@H]1O. The number of nitrogens with one attached hydrogen (secondary N) is 1. The summed E-state index contributed by atoms with van der Waals surface area (Å²) in [6.45, 7) is 4.21. The normalized spacial score (nSPS) is 30.5. The Balaban J connectivity index is 2.39. The van der Waals surface area contributed by atoms with Gasteiger partial charge in [0.2, 0.25) is 0 Å². The van der Waals surface area contributed by atoms with Crippen molar-refractivity contribution >= 4 is 12.1 Å². The molecule has 0 aromatic carbocycles. The molecule has 1 aliphatic rings. The molecule has 0 aromatic heterocycles. The van der Waals surface area contributed by atoms with Crippen LogP contribution in [-0.4, -0.2) is 84.0 Å². The molecule has 24 heavy (non-hydrogen) atoms. The molecule has 0 bridgehead atoms. The van der Waals surface area contributed by atoms with Crippen LogP contribution in [0.15, 0.2) is 0 Å². The first-order chi connectivity index (χ1) is 11.0. The average molecular weight is 351 g/mol. The molecule has 0 saturated carbocycles. The van der Waals surface area contributed by atoms with E-state index in [4.69, 9.17) is 18.9 Å². The molecule has 0 radical (unpaired) electrons. The molecule has 1 fully saturated rings. The number of carbonyl (C=O) groups is 2. The maximum absolute atomic E-state index is 11.6. The van der Waals surface area contributed by atoms with Crippen molar-refractivity contribution < 1.29 is 43.9 Å². The summed E-state index contributed by atoms with van der Waals surface area (Å²) in [5.41, 5.74) is -0.694. The van der Waals surface area contributed by atoms with E-state index in [1.54, 1.807) is 20.8 Å². The summed E-state index contributed by atoms with van der Waals surface area (Å²) in [5, 5.41) is 31.3. The standard InChI is InChI=1S/C14H25NO9/c1-14(2,3)24-13(20)15-5-8(16)22-6-7-9(17)10(18)11(19)12(21-4)23-7/h7,9-12,17-19H,5-6H2,1-4H3,(H,15,20)/t7-,9-,10+,11+,12-/m1/s1. The van der Waals surface area contributed by atoms with Gasteiger partial charge in [-0.3, -0.25) is 4.79 Å². The minimum absolute atomic E-state index is 0.389. The second-order valence-electron chi connectivity index (χ2n) is 6.29. The smallest absolute Gasteiger partial charge is 0.408 e. The van der Waals surface area contributed by atoms with Gasteiger partial charge in [-0.2, -0.15) is 0 Å². The van der Waals surface area contributed by atoms with Crippen LogP contribution in [0, 0.1) is 0 Å². The number of aliphatic hydroxyl groups excluding tert-OH is 3. The highest BCUT2D eigenvalue weighted by Crippen LogP contribution is 2.21. The van der Waals surface area contributed by atoms with Crippen molar-refractivity contribution in [3.8, 4) is 0 Å². The lowest BCUT2D eigenvalue weighted by Crippen LogP contribution is -2.59. The van der Waals surface area contributed by atoms with Gasteiger partial charge >= 0.3 is 12.1 Å². The number of hydrogen-bond acceptors (Lipinski definition) is 9. The van der Waals surface area contributed by atoms with Gasteiger partial charge in [0.05, 0.1) is 0 Å². The number of ether oxygens (including phenoxy) is 4. The Labute approximate surface area is 139 Å². The monoisotopic (exact) mass is 351 g/mol. The Morgan fingerprint density at radius 2 is 1.75 bits per heavy atom. The number of rotatable bonds is 5. The highest BCUT2D eigenvalue weighted by atomic mass is 16.7. The lowest BCUT2D eigenvalue weighted by Gasteiger charge is -2.39. The third kappa shape index (κ3) is 6.21. The van der Waals surface area contributed by atoms with Crippen LogP contribution >= 0.6 is 0 Å². The maximum Gasteiger partial charge on any atom is 0.408 e. The second kappa shape index (κ2) is 8.58. The molecule has 5 atom stereocenters. The van der Waals surface area contributed by atoms with E-state index in [1.165, 1.54) is 7.11 Å². The zero-order valence-electron chi connectivity index (χ0n) is 14.1. The Morgan fingerprint density at radius 1 is 1.12 bits per heavy atom. The van der Waals surface area contributed by atoms with Crippen LogP contribution in [0.25, 0.3) is 0 Å². The Bertz CT molecular complexity index is 434. The molecule has 0 aliphatic carbocycles. The molecule has 1 rings (SSSR count). The van der Waals surface area contributed by atoms with Crippen LogP contribution in [0.5, 0.6) is 0 Å². The van der Waals surface area contributed by atoms with E-state index in [0.717, 1.165) is 0 Å². The molecule has 10 heteroatoms. The van der Waals surface area contributed by atoms with E-state index in [2.05, 4.69) is 5.32 Å². The fraction of sp³-hybridized carbons (Fsp3) is 0.857. The highest BCUT2D eigenvalue weighted by molar-refractivity contribution is 5.78. The quantitative estimate of drug-likeness (QED) is 0.435. The highest BCUT2D eigenvalue weighted by Gasteiger charge is 2.44. The van der Waals surface area contributed by atoms with E-state index < -0.39 is 54.9 Å². The number of methoxy groups -OCH3 is 1. The first kappa shape index (κ1) is 20.6. The first-order valence-electron chi connectivity index (χ1n) is 7.40. The molecule has 0 unspecified atom stereocenters. The molecular formula is C14H25NO9. The predicted octanol–water partition coefficient (Wildman–Crippen LogP) is -1.49. The van der Waals surface area contributed by atoms with Gasteiger partial charge in [-0.1, -0.05) is 0 Å². The Hall–Kier alpha value is -1.46. The van der Waals surface area contributed by atoms with Crippen molar-refractivity contribution in [1.82, 2.24) is 5.32 Å². The third-order valence-corrected chi connectivity index (χ3v) is 3.09. The van der Waals surface area contributed by atoms with Crippen LogP contribution in [0.4, 0.5) is 4.79 Å². The lowest BCUT2D eigenvalue weighted by molar-refractivity contribution is -0.295. The predicted molar refractivity (Wildman–Crippen MR) is 78.9 cm³/mol. The third-order valence-electron chi connectivity index (χ3n) is 3.09. The van der Waals surface area contributed by atoms with Crippen molar-refractivity contribution in [2.45, 2.75) is 57.1 Å². The molecule has 1 saturated heterocycles. The van der Waals surface area contributed by atoms with Gasteiger partial charge in [0.15, 0.2) is 6.29 Å². The zero-order valence-corrected chi connectivity index (χ0v) is 14.1. The minimum atomic E-state index is -1.51. The van der Waals surface area contributed by atoms with Crippen molar-refractivity contribution in [3.63, 3.8) is 0 Å². The Kier molecular flexibility index (Phi) is 7.36. The minimum Gasteiger partial charge on any atom is -0.461 e. The molecule has 4 N–H and O–H groups in total. The van der Waals surface area contributed by atoms with Gasteiger partial charge in [0.1, 0.15) is 43.2 Å². The molecule has 0 spiro atoms. The molecular weight excluding hydrogens is 326 g/mol. The summed E-state index contributed by atoms with van der Waals surface area (Å²) in [4.78, 5) is 23.0. The summed E-state index contributed by atoms with van der Waals surface area (Å²) in [7, 11) is 1.26. The summed E-state index contributed by atoms with van der Waals surface area (Å²) in [6.07, 6.45) is -7.41. The van der Waals surface area contributed by atoms with Crippen molar-refractivity contribution in [3.05, 3.63) is 0 Å². The zero-order chi connectivity index (χ0) is 18.5.